The summed E-state index contributed by atoms with van der Waals surface area (Å²) in [7, 11) is -2.60. The number of carbonyl (C=O) groups is 1. The van der Waals surface area contributed by atoms with Gasteiger partial charge in [0.25, 0.3) is 5.91 Å². The Kier molecular flexibility index (Phi) is 5.62. The fraction of sp³-hybridized carbons (Fsp3) is 0.222. The molecule has 2 aromatic heterocycles. The van der Waals surface area contributed by atoms with Crippen molar-refractivity contribution < 1.29 is 17.9 Å². The van der Waals surface area contributed by atoms with Crippen LogP contribution < -0.4 is 15.2 Å². The molecule has 10 nitrogen and oxygen atoms in total. The molecule has 0 unspecified atom stereocenters. The molecule has 3 rings (SSSR count). The van der Waals surface area contributed by atoms with Gasteiger partial charge in [0.1, 0.15) is 23.6 Å². The van der Waals surface area contributed by atoms with Gasteiger partial charge in [-0.25, -0.2) is 18.5 Å². The van der Waals surface area contributed by atoms with E-state index in [9.17, 15) is 13.2 Å². The molecule has 0 aliphatic rings. The SMILES string of the molecule is COc1ccc(S(N)(=O)=O)cc1C(=O)Nc1cccc(-c2nncn2C(C)C)n1. The van der Waals surface area contributed by atoms with Crippen molar-refractivity contribution in [3.8, 4) is 17.3 Å². The first kappa shape index (κ1) is 20.4. The highest BCUT2D eigenvalue weighted by Crippen LogP contribution is 2.24. The predicted octanol–water partition coefficient (Wildman–Crippen LogP) is 1.83. The number of ether oxygens (including phenoxy) is 1. The minimum atomic E-state index is -3.98. The first-order valence-electron chi connectivity index (χ1n) is 8.60. The Hall–Kier alpha value is -3.31. The Balaban J connectivity index is 1.93. The van der Waals surface area contributed by atoms with Crippen molar-refractivity contribution in [3.63, 3.8) is 0 Å². The number of aromatic nitrogens is 4. The molecule has 3 N–H and O–H groups in total. The number of sulfonamides is 1. The highest BCUT2D eigenvalue weighted by atomic mass is 32.2. The summed E-state index contributed by atoms with van der Waals surface area (Å²) in [6, 6.07) is 8.99. The average molecular weight is 416 g/mol. The number of primary sulfonamides is 1. The third-order valence-electron chi connectivity index (χ3n) is 4.09. The van der Waals surface area contributed by atoms with Crippen LogP contribution in [0.1, 0.15) is 30.2 Å². The lowest BCUT2D eigenvalue weighted by atomic mass is 10.2. The number of nitrogens with two attached hydrogens (primary N) is 1. The second kappa shape index (κ2) is 7.97. The molecule has 0 atom stereocenters. The Bertz CT molecular complexity index is 1160. The number of amides is 1. The molecule has 2 heterocycles. The molecule has 0 spiro atoms. The van der Waals surface area contributed by atoms with E-state index < -0.39 is 15.9 Å². The first-order valence-corrected chi connectivity index (χ1v) is 10.1. The van der Waals surface area contributed by atoms with Gasteiger partial charge in [0.15, 0.2) is 5.82 Å². The number of rotatable bonds is 6. The fourth-order valence-corrected chi connectivity index (χ4v) is 3.20. The van der Waals surface area contributed by atoms with E-state index in [1.165, 1.54) is 19.2 Å². The zero-order chi connectivity index (χ0) is 21.2. The van der Waals surface area contributed by atoms with Crippen molar-refractivity contribution in [2.45, 2.75) is 24.8 Å². The lowest BCUT2D eigenvalue weighted by Crippen LogP contribution is -2.17. The van der Waals surface area contributed by atoms with E-state index in [2.05, 4.69) is 20.5 Å². The van der Waals surface area contributed by atoms with Crippen LogP contribution in [-0.2, 0) is 10.0 Å². The second-order valence-corrected chi connectivity index (χ2v) is 7.99. The molecule has 0 saturated carbocycles. The maximum absolute atomic E-state index is 12.7. The van der Waals surface area contributed by atoms with E-state index in [1.54, 1.807) is 24.5 Å². The van der Waals surface area contributed by atoms with E-state index in [4.69, 9.17) is 9.88 Å². The molecule has 152 valence electrons. The van der Waals surface area contributed by atoms with Gasteiger partial charge < -0.3 is 14.6 Å². The molecule has 11 heteroatoms. The molecule has 0 saturated heterocycles. The molecular formula is C18H20N6O4S. The largest absolute Gasteiger partial charge is 0.496 e. The maximum atomic E-state index is 12.7. The number of benzene rings is 1. The van der Waals surface area contributed by atoms with E-state index in [0.29, 0.717) is 11.5 Å². The molecule has 0 fully saturated rings. The number of nitrogens with one attached hydrogen (secondary N) is 1. The summed E-state index contributed by atoms with van der Waals surface area (Å²) in [5.41, 5.74) is 0.538. The van der Waals surface area contributed by atoms with Crippen molar-refractivity contribution in [2.75, 3.05) is 12.4 Å². The van der Waals surface area contributed by atoms with Crippen molar-refractivity contribution in [2.24, 2.45) is 5.14 Å². The van der Waals surface area contributed by atoms with Gasteiger partial charge in [-0.05, 0) is 44.2 Å². The van der Waals surface area contributed by atoms with Crippen LogP contribution in [-0.4, -0.2) is 41.2 Å². The summed E-state index contributed by atoms with van der Waals surface area (Å²) in [5, 5.41) is 15.8. The number of carbonyl (C=O) groups excluding carboxylic acids is 1. The Morgan fingerprint density at radius 2 is 2.00 bits per heavy atom. The van der Waals surface area contributed by atoms with Crippen LogP contribution in [0.5, 0.6) is 5.75 Å². The molecule has 0 bridgehead atoms. The van der Waals surface area contributed by atoms with E-state index in [0.717, 1.165) is 6.07 Å². The lowest BCUT2D eigenvalue weighted by Gasteiger charge is -2.12. The van der Waals surface area contributed by atoms with Crippen molar-refractivity contribution >= 4 is 21.7 Å². The van der Waals surface area contributed by atoms with Gasteiger partial charge in [-0.15, -0.1) is 10.2 Å². The molecule has 0 aliphatic carbocycles. The number of nitrogens with zero attached hydrogens (tertiary/aromatic N) is 4. The van der Waals surface area contributed by atoms with Crippen LogP contribution in [0, 0.1) is 0 Å². The maximum Gasteiger partial charge on any atom is 0.260 e. The van der Waals surface area contributed by atoms with Gasteiger partial charge >= 0.3 is 0 Å². The zero-order valence-corrected chi connectivity index (χ0v) is 16.8. The van der Waals surface area contributed by atoms with Crippen LogP contribution in [0.4, 0.5) is 5.82 Å². The first-order chi connectivity index (χ1) is 13.7. The molecule has 0 aliphatic heterocycles. The number of methoxy groups -OCH3 is 1. The van der Waals surface area contributed by atoms with Crippen molar-refractivity contribution in [1.29, 1.82) is 0 Å². The van der Waals surface area contributed by atoms with Gasteiger partial charge in [0.2, 0.25) is 10.0 Å². The quantitative estimate of drug-likeness (QED) is 0.624. The third kappa shape index (κ3) is 4.41. The highest BCUT2D eigenvalue weighted by Gasteiger charge is 2.18. The van der Waals surface area contributed by atoms with Gasteiger partial charge in [-0.1, -0.05) is 6.07 Å². The van der Waals surface area contributed by atoms with Crippen LogP contribution in [0.3, 0.4) is 0 Å². The van der Waals surface area contributed by atoms with Gasteiger partial charge in [-0.2, -0.15) is 0 Å². The smallest absolute Gasteiger partial charge is 0.260 e. The molecule has 29 heavy (non-hydrogen) atoms. The predicted molar refractivity (Wildman–Crippen MR) is 106 cm³/mol. The summed E-state index contributed by atoms with van der Waals surface area (Å²) in [6.45, 7) is 3.98. The molecular weight excluding hydrogens is 396 g/mol. The average Bonchev–Trinajstić information content (AvgIpc) is 3.17. The molecule has 1 amide bonds. The third-order valence-corrected chi connectivity index (χ3v) is 5.00. The Morgan fingerprint density at radius 1 is 1.24 bits per heavy atom. The summed E-state index contributed by atoms with van der Waals surface area (Å²) >= 11 is 0. The van der Waals surface area contributed by atoms with E-state index in [-0.39, 0.29) is 28.1 Å². The van der Waals surface area contributed by atoms with E-state index in [1.807, 2.05) is 18.4 Å². The standard InChI is InChI=1S/C18H20N6O4S/c1-11(2)24-10-20-23-17(24)14-5-4-6-16(21-14)22-18(25)13-9-12(29(19,26)27)7-8-15(13)28-3/h4-11H,1-3H3,(H2,19,26,27)(H,21,22,25). The number of hydrogen-bond donors (Lipinski definition) is 2. The molecule has 3 aromatic rings. The van der Waals surface area contributed by atoms with Crippen molar-refractivity contribution in [3.05, 3.63) is 48.3 Å². The van der Waals surface area contributed by atoms with Gasteiger partial charge in [0.05, 0.1) is 17.6 Å². The Labute approximate surface area is 167 Å². The minimum absolute atomic E-state index is 0.0107. The van der Waals surface area contributed by atoms with Crippen LogP contribution in [0.2, 0.25) is 0 Å². The number of pyridine rings is 1. The van der Waals surface area contributed by atoms with E-state index >= 15 is 0 Å². The summed E-state index contributed by atoms with van der Waals surface area (Å²) in [5.74, 6) is 0.423. The Morgan fingerprint density at radius 3 is 2.66 bits per heavy atom. The topological polar surface area (TPSA) is 142 Å². The van der Waals surface area contributed by atoms with Crippen LogP contribution in [0.25, 0.3) is 11.5 Å². The summed E-state index contributed by atoms with van der Waals surface area (Å²) in [4.78, 5) is 17.0. The highest BCUT2D eigenvalue weighted by molar-refractivity contribution is 7.89. The number of anilines is 1. The minimum Gasteiger partial charge on any atom is -0.496 e. The molecule has 1 aromatic carbocycles. The fourth-order valence-electron chi connectivity index (χ4n) is 2.66. The second-order valence-electron chi connectivity index (χ2n) is 6.42. The summed E-state index contributed by atoms with van der Waals surface area (Å²) in [6.07, 6.45) is 1.61. The van der Waals surface area contributed by atoms with Crippen molar-refractivity contribution in [1.82, 2.24) is 19.7 Å². The molecule has 0 radical (unpaired) electrons. The van der Waals surface area contributed by atoms with Gasteiger partial charge in [-0.3, -0.25) is 4.79 Å². The number of hydrogen-bond acceptors (Lipinski definition) is 7. The van der Waals surface area contributed by atoms with Crippen LogP contribution in [0.15, 0.2) is 47.6 Å². The summed E-state index contributed by atoms with van der Waals surface area (Å²) < 4.78 is 30.2. The van der Waals surface area contributed by atoms with Crippen LogP contribution >= 0.6 is 0 Å². The monoisotopic (exact) mass is 416 g/mol. The lowest BCUT2D eigenvalue weighted by molar-refractivity contribution is 0.102. The zero-order valence-electron chi connectivity index (χ0n) is 16.0. The van der Waals surface area contributed by atoms with Gasteiger partial charge in [0, 0.05) is 6.04 Å². The normalized spacial score (nSPS) is 11.5.